The van der Waals surface area contributed by atoms with Crippen molar-refractivity contribution in [3.63, 3.8) is 0 Å². The summed E-state index contributed by atoms with van der Waals surface area (Å²) in [6.07, 6.45) is 1.86. The first-order valence-corrected chi connectivity index (χ1v) is 6.94. The smallest absolute Gasteiger partial charge is 0.0678 e. The topological polar surface area (TPSA) is 24.5 Å². The van der Waals surface area contributed by atoms with Gasteiger partial charge in [0.2, 0.25) is 0 Å². The Kier molecular flexibility index (Phi) is 3.27. The molecule has 0 radical (unpaired) electrons. The summed E-state index contributed by atoms with van der Waals surface area (Å²) in [7, 11) is 0. The Morgan fingerprint density at radius 1 is 1.28 bits per heavy atom. The van der Waals surface area contributed by atoms with E-state index in [0.29, 0.717) is 12.2 Å². The fraction of sp³-hybridized carbons (Fsp3) is 0.600. The summed E-state index contributed by atoms with van der Waals surface area (Å²) in [6.45, 7) is 8.51. The van der Waals surface area contributed by atoms with Crippen LogP contribution in [-0.2, 0) is 17.7 Å². The van der Waals surface area contributed by atoms with Crippen LogP contribution in [0.25, 0.3) is 0 Å². The number of anilines is 1. The molecule has 0 bridgehead atoms. The summed E-state index contributed by atoms with van der Waals surface area (Å²) in [6, 6.07) is 6.86. The van der Waals surface area contributed by atoms with Crippen LogP contribution in [-0.4, -0.2) is 36.7 Å². The van der Waals surface area contributed by atoms with Gasteiger partial charge in [0.05, 0.1) is 12.2 Å². The van der Waals surface area contributed by atoms with Gasteiger partial charge in [0.1, 0.15) is 0 Å². The minimum atomic E-state index is 0.348. The number of rotatable bonds is 2. The molecule has 0 spiro atoms. The SMILES string of the molecule is CC1CN(Cc2ccc3c(c2)NCC3)CC(C)O1. The molecule has 0 saturated carbocycles. The molecule has 2 atom stereocenters. The van der Waals surface area contributed by atoms with Gasteiger partial charge < -0.3 is 10.1 Å². The highest BCUT2D eigenvalue weighted by molar-refractivity contribution is 5.57. The third-order valence-corrected chi connectivity index (χ3v) is 3.79. The van der Waals surface area contributed by atoms with E-state index in [-0.39, 0.29) is 0 Å². The molecule has 1 N–H and O–H groups in total. The van der Waals surface area contributed by atoms with Crippen molar-refractivity contribution < 1.29 is 4.74 Å². The molecular weight excluding hydrogens is 224 g/mol. The lowest BCUT2D eigenvalue weighted by Gasteiger charge is -2.35. The predicted molar refractivity (Wildman–Crippen MR) is 73.9 cm³/mol. The van der Waals surface area contributed by atoms with Crippen LogP contribution in [0.1, 0.15) is 25.0 Å². The number of nitrogens with one attached hydrogen (secondary N) is 1. The van der Waals surface area contributed by atoms with E-state index in [9.17, 15) is 0 Å². The molecule has 2 unspecified atom stereocenters. The van der Waals surface area contributed by atoms with Gasteiger partial charge in [0, 0.05) is 31.9 Å². The fourth-order valence-corrected chi connectivity index (χ4v) is 3.11. The van der Waals surface area contributed by atoms with E-state index < -0.39 is 0 Å². The van der Waals surface area contributed by atoms with Gasteiger partial charge in [-0.2, -0.15) is 0 Å². The third-order valence-electron chi connectivity index (χ3n) is 3.79. The summed E-state index contributed by atoms with van der Waals surface area (Å²) in [5, 5.41) is 3.45. The van der Waals surface area contributed by atoms with Crippen LogP contribution in [0.2, 0.25) is 0 Å². The average Bonchev–Trinajstić information content (AvgIpc) is 2.74. The second-order valence-corrected chi connectivity index (χ2v) is 5.62. The Balaban J connectivity index is 1.69. The van der Waals surface area contributed by atoms with E-state index in [1.165, 1.54) is 23.2 Å². The van der Waals surface area contributed by atoms with Crippen molar-refractivity contribution in [2.75, 3.05) is 25.0 Å². The summed E-state index contributed by atoms with van der Waals surface area (Å²) in [4.78, 5) is 2.50. The van der Waals surface area contributed by atoms with Crippen LogP contribution in [0.4, 0.5) is 5.69 Å². The standard InChI is InChI=1S/C15H22N2O/c1-11-8-17(9-12(2)18-11)10-13-3-4-14-5-6-16-15(14)7-13/h3-4,7,11-12,16H,5-6,8-10H2,1-2H3. The van der Waals surface area contributed by atoms with Gasteiger partial charge in [-0.25, -0.2) is 0 Å². The van der Waals surface area contributed by atoms with Gasteiger partial charge in [-0.15, -0.1) is 0 Å². The molecule has 1 aromatic rings. The molecule has 2 aliphatic rings. The van der Waals surface area contributed by atoms with Gasteiger partial charge in [-0.3, -0.25) is 4.90 Å². The molecule has 0 aromatic heterocycles. The number of ether oxygens (including phenoxy) is 1. The van der Waals surface area contributed by atoms with Crippen LogP contribution < -0.4 is 5.32 Å². The molecule has 1 aromatic carbocycles. The van der Waals surface area contributed by atoms with E-state index in [1.807, 2.05) is 0 Å². The summed E-state index contributed by atoms with van der Waals surface area (Å²) < 4.78 is 5.77. The maximum atomic E-state index is 5.77. The lowest BCUT2D eigenvalue weighted by atomic mass is 10.1. The molecule has 3 rings (SSSR count). The van der Waals surface area contributed by atoms with Crippen LogP contribution in [0.5, 0.6) is 0 Å². The van der Waals surface area contributed by atoms with E-state index in [2.05, 4.69) is 42.3 Å². The van der Waals surface area contributed by atoms with Crippen molar-refractivity contribution >= 4 is 5.69 Å². The van der Waals surface area contributed by atoms with Crippen LogP contribution in [0.15, 0.2) is 18.2 Å². The van der Waals surface area contributed by atoms with Gasteiger partial charge in [0.25, 0.3) is 0 Å². The number of nitrogens with zero attached hydrogens (tertiary/aromatic N) is 1. The first-order chi connectivity index (χ1) is 8.70. The molecule has 2 heterocycles. The van der Waals surface area contributed by atoms with E-state index in [1.54, 1.807) is 0 Å². The maximum absolute atomic E-state index is 5.77. The highest BCUT2D eigenvalue weighted by Gasteiger charge is 2.22. The monoisotopic (exact) mass is 246 g/mol. The molecule has 1 saturated heterocycles. The second kappa shape index (κ2) is 4.90. The highest BCUT2D eigenvalue weighted by Crippen LogP contribution is 2.24. The number of fused-ring (bicyclic) bond motifs is 1. The zero-order valence-electron chi connectivity index (χ0n) is 11.3. The lowest BCUT2D eigenvalue weighted by molar-refractivity contribution is -0.0704. The van der Waals surface area contributed by atoms with Crippen molar-refractivity contribution in [2.24, 2.45) is 0 Å². The number of benzene rings is 1. The number of morpholine rings is 1. The van der Waals surface area contributed by atoms with Gasteiger partial charge in [-0.1, -0.05) is 12.1 Å². The fourth-order valence-electron chi connectivity index (χ4n) is 3.11. The van der Waals surface area contributed by atoms with Crippen molar-refractivity contribution in [3.05, 3.63) is 29.3 Å². The third kappa shape index (κ3) is 2.52. The highest BCUT2D eigenvalue weighted by atomic mass is 16.5. The van der Waals surface area contributed by atoms with Gasteiger partial charge in [0.15, 0.2) is 0 Å². The first-order valence-electron chi connectivity index (χ1n) is 6.94. The van der Waals surface area contributed by atoms with Crippen LogP contribution in [0.3, 0.4) is 0 Å². The molecule has 2 aliphatic heterocycles. The number of hydrogen-bond donors (Lipinski definition) is 1. The van der Waals surface area contributed by atoms with Crippen LogP contribution in [0, 0.1) is 0 Å². The molecule has 3 heteroatoms. The Hall–Kier alpha value is -1.06. The predicted octanol–water partition coefficient (Wildman–Crippen LogP) is 2.26. The summed E-state index contributed by atoms with van der Waals surface area (Å²) in [5.41, 5.74) is 4.20. The second-order valence-electron chi connectivity index (χ2n) is 5.62. The molecular formula is C15H22N2O. The average molecular weight is 246 g/mol. The van der Waals surface area contributed by atoms with Crippen molar-refractivity contribution in [3.8, 4) is 0 Å². The van der Waals surface area contributed by atoms with Crippen molar-refractivity contribution in [2.45, 2.75) is 39.0 Å². The van der Waals surface area contributed by atoms with Gasteiger partial charge in [-0.05, 0) is 37.5 Å². The summed E-state index contributed by atoms with van der Waals surface area (Å²) in [5.74, 6) is 0. The molecule has 0 aliphatic carbocycles. The van der Waals surface area contributed by atoms with Crippen molar-refractivity contribution in [1.82, 2.24) is 4.90 Å². The van der Waals surface area contributed by atoms with Crippen LogP contribution >= 0.6 is 0 Å². The Morgan fingerprint density at radius 2 is 2.06 bits per heavy atom. The lowest BCUT2D eigenvalue weighted by Crippen LogP contribution is -2.44. The largest absolute Gasteiger partial charge is 0.384 e. The van der Waals surface area contributed by atoms with E-state index >= 15 is 0 Å². The zero-order chi connectivity index (χ0) is 12.5. The van der Waals surface area contributed by atoms with Gasteiger partial charge >= 0.3 is 0 Å². The van der Waals surface area contributed by atoms with Crippen molar-refractivity contribution in [1.29, 1.82) is 0 Å². The van der Waals surface area contributed by atoms with E-state index in [4.69, 9.17) is 4.74 Å². The number of hydrogen-bond acceptors (Lipinski definition) is 3. The molecule has 18 heavy (non-hydrogen) atoms. The first kappa shape index (κ1) is 12.0. The molecule has 1 fully saturated rings. The minimum Gasteiger partial charge on any atom is -0.384 e. The molecule has 3 nitrogen and oxygen atoms in total. The maximum Gasteiger partial charge on any atom is 0.0678 e. The van der Waals surface area contributed by atoms with E-state index in [0.717, 1.165) is 26.2 Å². The quantitative estimate of drug-likeness (QED) is 0.866. The molecule has 98 valence electrons. The molecule has 0 amide bonds. The Bertz CT molecular complexity index is 423. The Morgan fingerprint density at radius 3 is 2.83 bits per heavy atom. The summed E-state index contributed by atoms with van der Waals surface area (Å²) >= 11 is 0. The zero-order valence-corrected chi connectivity index (χ0v) is 11.3. The minimum absolute atomic E-state index is 0.348. The Labute approximate surface area is 109 Å². The normalized spacial score (nSPS) is 27.9.